The van der Waals surface area contributed by atoms with Gasteiger partial charge in [-0.25, -0.2) is 4.98 Å². The molecule has 0 saturated carbocycles. The molecule has 0 aliphatic carbocycles. The molecule has 3 heterocycles. The van der Waals surface area contributed by atoms with E-state index in [0.29, 0.717) is 17.3 Å². The van der Waals surface area contributed by atoms with Crippen molar-refractivity contribution in [1.29, 1.82) is 0 Å². The second kappa shape index (κ2) is 8.87. The zero-order chi connectivity index (χ0) is 24.7. The monoisotopic (exact) mass is 470 g/mol. The van der Waals surface area contributed by atoms with E-state index in [2.05, 4.69) is 61.1 Å². The summed E-state index contributed by atoms with van der Waals surface area (Å²) in [6.45, 7) is 10.6. The van der Waals surface area contributed by atoms with E-state index in [-0.39, 0.29) is 5.41 Å². The van der Waals surface area contributed by atoms with E-state index in [1.54, 1.807) is 18.5 Å². The number of anilines is 3. The number of phenolic OH excluding ortho intramolecular Hbond substituents is 1. The fraction of sp³-hybridized carbons (Fsp3) is 0.393. The van der Waals surface area contributed by atoms with E-state index in [4.69, 9.17) is 9.97 Å². The molecule has 1 saturated heterocycles. The number of nitrogens with one attached hydrogen (secondary N) is 1. The minimum Gasteiger partial charge on any atom is -0.508 e. The molecule has 7 nitrogen and oxygen atoms in total. The van der Waals surface area contributed by atoms with Crippen molar-refractivity contribution >= 4 is 28.6 Å². The van der Waals surface area contributed by atoms with E-state index in [1.807, 2.05) is 23.7 Å². The predicted octanol–water partition coefficient (Wildman–Crippen LogP) is 5.49. The van der Waals surface area contributed by atoms with Gasteiger partial charge < -0.3 is 19.9 Å². The van der Waals surface area contributed by atoms with Gasteiger partial charge in [-0.2, -0.15) is 9.97 Å². The van der Waals surface area contributed by atoms with E-state index >= 15 is 0 Å². The Balaban J connectivity index is 1.43. The van der Waals surface area contributed by atoms with Crippen molar-refractivity contribution in [2.24, 2.45) is 13.0 Å². The summed E-state index contributed by atoms with van der Waals surface area (Å²) >= 11 is 0. The molecule has 5 rings (SSSR count). The van der Waals surface area contributed by atoms with Crippen molar-refractivity contribution in [2.45, 2.75) is 46.0 Å². The van der Waals surface area contributed by atoms with Crippen LogP contribution in [0.1, 0.15) is 43.9 Å². The number of aromatic hydroxyl groups is 1. The number of rotatable bonds is 5. The van der Waals surface area contributed by atoms with Crippen LogP contribution in [0.3, 0.4) is 0 Å². The van der Waals surface area contributed by atoms with Gasteiger partial charge in [-0.3, -0.25) is 0 Å². The SMILES string of the molecule is Cc1ccc(C(C)(C)C)cc1Nc1nc(N2CCC(Cc3ccc(O)cc3)C2)nc2ncn(C)c12. The third kappa shape index (κ3) is 4.81. The first-order valence-electron chi connectivity index (χ1n) is 12.3. The number of nitrogens with zero attached hydrogens (tertiary/aromatic N) is 5. The van der Waals surface area contributed by atoms with Gasteiger partial charge in [-0.05, 0) is 66.0 Å². The van der Waals surface area contributed by atoms with Crippen LogP contribution in [0.25, 0.3) is 11.2 Å². The number of phenols is 1. The van der Waals surface area contributed by atoms with Crippen LogP contribution in [0, 0.1) is 12.8 Å². The van der Waals surface area contributed by atoms with Gasteiger partial charge in [0.1, 0.15) is 11.3 Å². The molecule has 1 atom stereocenters. The number of aryl methyl sites for hydroxylation is 2. The van der Waals surface area contributed by atoms with Gasteiger partial charge in [-0.15, -0.1) is 0 Å². The Hall–Kier alpha value is -3.61. The fourth-order valence-electron chi connectivity index (χ4n) is 4.77. The van der Waals surface area contributed by atoms with Crippen molar-refractivity contribution in [3.63, 3.8) is 0 Å². The van der Waals surface area contributed by atoms with Crippen LogP contribution in [0.5, 0.6) is 5.75 Å². The number of benzene rings is 2. The smallest absolute Gasteiger partial charge is 0.229 e. The van der Waals surface area contributed by atoms with Gasteiger partial charge in [0.2, 0.25) is 5.95 Å². The fourth-order valence-corrected chi connectivity index (χ4v) is 4.77. The van der Waals surface area contributed by atoms with Crippen LogP contribution < -0.4 is 10.2 Å². The zero-order valence-corrected chi connectivity index (χ0v) is 21.2. The molecule has 2 N–H and O–H groups in total. The molecule has 1 fully saturated rings. The molecule has 1 aliphatic heterocycles. The molecule has 4 aromatic rings. The van der Waals surface area contributed by atoms with Crippen molar-refractivity contribution in [2.75, 3.05) is 23.3 Å². The topological polar surface area (TPSA) is 79.1 Å². The minimum absolute atomic E-state index is 0.0604. The van der Waals surface area contributed by atoms with Crippen LogP contribution in [-0.2, 0) is 18.9 Å². The maximum atomic E-state index is 9.56. The number of fused-ring (bicyclic) bond motifs is 1. The summed E-state index contributed by atoms with van der Waals surface area (Å²) in [5.74, 6) is 2.32. The lowest BCUT2D eigenvalue weighted by atomic mass is 9.86. The summed E-state index contributed by atoms with van der Waals surface area (Å²) in [6, 6.07) is 14.1. The lowest BCUT2D eigenvalue weighted by Gasteiger charge is -2.22. The van der Waals surface area contributed by atoms with Crippen molar-refractivity contribution in [3.8, 4) is 5.75 Å². The highest BCUT2D eigenvalue weighted by molar-refractivity contribution is 5.87. The lowest BCUT2D eigenvalue weighted by Crippen LogP contribution is -2.23. The number of imidazole rings is 1. The molecule has 0 bridgehead atoms. The van der Waals surface area contributed by atoms with Crippen LogP contribution >= 0.6 is 0 Å². The standard InChI is InChI=1S/C28H34N6O/c1-18-6-9-21(28(2,3)4)15-23(18)30-26-24-25(29-17-33(24)5)31-27(32-26)34-13-12-20(16-34)14-19-7-10-22(35)11-8-19/h6-11,15,17,20,35H,12-14,16H2,1-5H3,(H,30,31,32). The van der Waals surface area contributed by atoms with Gasteiger partial charge in [0.05, 0.1) is 6.33 Å². The zero-order valence-electron chi connectivity index (χ0n) is 21.2. The van der Waals surface area contributed by atoms with Crippen LogP contribution in [0.2, 0.25) is 0 Å². The van der Waals surface area contributed by atoms with Crippen molar-refractivity contribution in [3.05, 3.63) is 65.5 Å². The first-order valence-corrected chi connectivity index (χ1v) is 12.3. The Labute approximate surface area is 206 Å². The molecule has 1 unspecified atom stereocenters. The molecular weight excluding hydrogens is 436 g/mol. The van der Waals surface area contributed by atoms with E-state index in [1.165, 1.54) is 16.7 Å². The summed E-state index contributed by atoms with van der Waals surface area (Å²) in [5, 5.41) is 13.2. The second-order valence-electron chi connectivity index (χ2n) is 10.8. The summed E-state index contributed by atoms with van der Waals surface area (Å²) in [7, 11) is 1.98. The average Bonchev–Trinajstić information content (AvgIpc) is 3.43. The Bertz CT molecular complexity index is 1350. The van der Waals surface area contributed by atoms with E-state index in [9.17, 15) is 5.11 Å². The summed E-state index contributed by atoms with van der Waals surface area (Å²) in [4.78, 5) is 16.6. The molecule has 0 spiro atoms. The molecule has 1 aliphatic rings. The molecule has 2 aromatic heterocycles. The molecule has 0 amide bonds. The number of hydrogen-bond acceptors (Lipinski definition) is 6. The summed E-state index contributed by atoms with van der Waals surface area (Å²) in [5.41, 5.74) is 6.40. The molecular formula is C28H34N6O. The first-order chi connectivity index (χ1) is 16.7. The maximum absolute atomic E-state index is 9.56. The minimum atomic E-state index is 0.0604. The molecule has 2 aromatic carbocycles. The van der Waals surface area contributed by atoms with E-state index < -0.39 is 0 Å². The van der Waals surface area contributed by atoms with Crippen molar-refractivity contribution < 1.29 is 5.11 Å². The summed E-state index contributed by atoms with van der Waals surface area (Å²) < 4.78 is 1.97. The Morgan fingerprint density at radius 3 is 2.60 bits per heavy atom. The van der Waals surface area contributed by atoms with Crippen LogP contribution in [0.15, 0.2) is 48.8 Å². The third-order valence-electron chi connectivity index (χ3n) is 6.95. The van der Waals surface area contributed by atoms with Gasteiger partial charge >= 0.3 is 0 Å². The highest BCUT2D eigenvalue weighted by atomic mass is 16.3. The second-order valence-corrected chi connectivity index (χ2v) is 10.8. The largest absolute Gasteiger partial charge is 0.508 e. The predicted molar refractivity (Wildman–Crippen MR) is 142 cm³/mol. The van der Waals surface area contributed by atoms with Gasteiger partial charge in [0.25, 0.3) is 0 Å². The van der Waals surface area contributed by atoms with E-state index in [0.717, 1.165) is 48.9 Å². The van der Waals surface area contributed by atoms with Crippen LogP contribution in [0.4, 0.5) is 17.5 Å². The van der Waals surface area contributed by atoms with Crippen molar-refractivity contribution in [1.82, 2.24) is 19.5 Å². The number of aromatic nitrogens is 4. The molecule has 7 heteroatoms. The number of hydrogen-bond donors (Lipinski definition) is 2. The van der Waals surface area contributed by atoms with Crippen LogP contribution in [-0.4, -0.2) is 37.7 Å². The van der Waals surface area contributed by atoms with Gasteiger partial charge in [0.15, 0.2) is 11.5 Å². The Morgan fingerprint density at radius 2 is 1.86 bits per heavy atom. The Kier molecular flexibility index (Phi) is 5.87. The summed E-state index contributed by atoms with van der Waals surface area (Å²) in [6.07, 6.45) is 3.86. The first kappa shape index (κ1) is 23.1. The quantitative estimate of drug-likeness (QED) is 0.402. The maximum Gasteiger partial charge on any atom is 0.229 e. The molecule has 35 heavy (non-hydrogen) atoms. The average molecular weight is 471 g/mol. The normalized spacial score (nSPS) is 16.3. The van der Waals surface area contributed by atoms with Gasteiger partial charge in [-0.1, -0.05) is 45.0 Å². The molecule has 0 radical (unpaired) electrons. The Morgan fingerprint density at radius 1 is 1.09 bits per heavy atom. The highest BCUT2D eigenvalue weighted by Gasteiger charge is 2.26. The van der Waals surface area contributed by atoms with Gasteiger partial charge in [0, 0.05) is 25.8 Å². The third-order valence-corrected chi connectivity index (χ3v) is 6.95. The molecule has 182 valence electrons. The highest BCUT2D eigenvalue weighted by Crippen LogP contribution is 2.32. The lowest BCUT2D eigenvalue weighted by molar-refractivity contribution is 0.474.